The molecule has 1 aromatic heterocycles. The summed E-state index contributed by atoms with van der Waals surface area (Å²) in [5, 5.41) is 11.9. The molecule has 0 fully saturated rings. The number of aliphatic hydroxyl groups is 1. The highest BCUT2D eigenvalue weighted by Crippen LogP contribution is 2.29. The van der Waals surface area contributed by atoms with Crippen molar-refractivity contribution < 1.29 is 14.3 Å². The molecule has 116 valence electrons. The molecule has 1 heterocycles. The third kappa shape index (κ3) is 3.14. The van der Waals surface area contributed by atoms with Crippen molar-refractivity contribution in [1.29, 1.82) is 0 Å². The Bertz CT molecular complexity index is 755. The standard InChI is InChI=1S/C15H15FIN3O2/c1-8(18)10-6-13(14(22)7-21)20(2)15(10)19-12-4-3-9(17)5-11(12)16/h3-6,19,21H,1,7,18H2,2H3. The zero-order chi connectivity index (χ0) is 16.4. The van der Waals surface area contributed by atoms with Crippen LogP contribution in [0.2, 0.25) is 0 Å². The third-order valence-electron chi connectivity index (χ3n) is 3.19. The summed E-state index contributed by atoms with van der Waals surface area (Å²) in [6, 6.07) is 6.27. The van der Waals surface area contributed by atoms with Gasteiger partial charge in [0.2, 0.25) is 5.78 Å². The number of anilines is 2. The second-order valence-corrected chi connectivity index (χ2v) is 5.95. The van der Waals surface area contributed by atoms with Crippen LogP contribution >= 0.6 is 22.6 Å². The molecular formula is C15H15FIN3O2. The highest BCUT2D eigenvalue weighted by Gasteiger charge is 2.19. The molecule has 0 bridgehead atoms. The van der Waals surface area contributed by atoms with E-state index in [-0.39, 0.29) is 17.1 Å². The van der Waals surface area contributed by atoms with Crippen LogP contribution in [0, 0.1) is 9.39 Å². The van der Waals surface area contributed by atoms with Crippen molar-refractivity contribution in [3.05, 3.63) is 51.5 Å². The number of Topliss-reactive ketones (excluding diaryl/α,β-unsaturated/α-hetero) is 1. The lowest BCUT2D eigenvalue weighted by molar-refractivity contribution is 0.0895. The Balaban J connectivity index is 2.51. The number of hydrogen-bond donors (Lipinski definition) is 3. The SMILES string of the molecule is C=C(N)c1cc(C(=O)CO)n(C)c1Nc1ccc(I)cc1F. The van der Waals surface area contributed by atoms with Gasteiger partial charge in [0.1, 0.15) is 18.2 Å². The molecule has 22 heavy (non-hydrogen) atoms. The maximum absolute atomic E-state index is 14.0. The Morgan fingerprint density at radius 3 is 2.73 bits per heavy atom. The van der Waals surface area contributed by atoms with Gasteiger partial charge < -0.3 is 20.7 Å². The maximum Gasteiger partial charge on any atom is 0.204 e. The van der Waals surface area contributed by atoms with Crippen LogP contribution in [0.3, 0.4) is 0 Å². The largest absolute Gasteiger partial charge is 0.399 e. The van der Waals surface area contributed by atoms with Crippen molar-refractivity contribution in [2.75, 3.05) is 11.9 Å². The summed E-state index contributed by atoms with van der Waals surface area (Å²) in [6.45, 7) is 3.04. The Labute approximate surface area is 140 Å². The first kappa shape index (κ1) is 16.5. The summed E-state index contributed by atoms with van der Waals surface area (Å²) < 4.78 is 16.3. The number of benzene rings is 1. The molecule has 0 spiro atoms. The van der Waals surface area contributed by atoms with E-state index in [2.05, 4.69) is 11.9 Å². The van der Waals surface area contributed by atoms with Gasteiger partial charge >= 0.3 is 0 Å². The number of aromatic nitrogens is 1. The van der Waals surface area contributed by atoms with Gasteiger partial charge in [0.05, 0.1) is 11.4 Å². The van der Waals surface area contributed by atoms with Gasteiger partial charge in [0.15, 0.2) is 0 Å². The molecular weight excluding hydrogens is 400 g/mol. The van der Waals surface area contributed by atoms with Crippen molar-refractivity contribution in [3.63, 3.8) is 0 Å². The Hall–Kier alpha value is -1.87. The minimum absolute atomic E-state index is 0.237. The molecule has 0 atom stereocenters. The maximum atomic E-state index is 14.0. The molecule has 0 saturated heterocycles. The van der Waals surface area contributed by atoms with Crippen LogP contribution in [-0.2, 0) is 7.05 Å². The molecule has 4 N–H and O–H groups in total. The number of carbonyl (C=O) groups is 1. The van der Waals surface area contributed by atoms with Crippen LogP contribution in [0.5, 0.6) is 0 Å². The molecule has 1 aromatic carbocycles. The smallest absolute Gasteiger partial charge is 0.204 e. The molecule has 0 radical (unpaired) electrons. The van der Waals surface area contributed by atoms with Crippen molar-refractivity contribution in [1.82, 2.24) is 4.57 Å². The number of ketones is 1. The van der Waals surface area contributed by atoms with Gasteiger partial charge in [-0.25, -0.2) is 4.39 Å². The van der Waals surface area contributed by atoms with Crippen LogP contribution in [-0.4, -0.2) is 22.1 Å². The van der Waals surface area contributed by atoms with Crippen molar-refractivity contribution in [2.45, 2.75) is 0 Å². The van der Waals surface area contributed by atoms with E-state index in [1.807, 2.05) is 22.6 Å². The molecule has 7 heteroatoms. The lowest BCUT2D eigenvalue weighted by atomic mass is 10.2. The zero-order valence-electron chi connectivity index (χ0n) is 11.9. The van der Waals surface area contributed by atoms with Gasteiger partial charge in [-0.05, 0) is 46.9 Å². The normalized spacial score (nSPS) is 10.5. The summed E-state index contributed by atoms with van der Waals surface area (Å²) in [5.41, 5.74) is 6.98. The topological polar surface area (TPSA) is 80.3 Å². The van der Waals surface area contributed by atoms with E-state index in [4.69, 9.17) is 10.8 Å². The van der Waals surface area contributed by atoms with Crippen LogP contribution in [0.25, 0.3) is 5.70 Å². The van der Waals surface area contributed by atoms with Crippen LogP contribution in [0.1, 0.15) is 16.1 Å². The molecule has 0 aliphatic rings. The number of rotatable bonds is 5. The van der Waals surface area contributed by atoms with Gasteiger partial charge in [0, 0.05) is 21.9 Å². The summed E-state index contributed by atoms with van der Waals surface area (Å²) in [7, 11) is 1.63. The van der Waals surface area contributed by atoms with Gasteiger partial charge in [-0.15, -0.1) is 0 Å². The minimum atomic E-state index is -0.619. The third-order valence-corrected chi connectivity index (χ3v) is 3.86. The first-order valence-corrected chi connectivity index (χ1v) is 7.43. The predicted molar refractivity (Wildman–Crippen MR) is 92.5 cm³/mol. The second kappa shape index (κ2) is 6.49. The fraction of sp³-hybridized carbons (Fsp3) is 0.133. The average Bonchev–Trinajstić information content (AvgIpc) is 2.78. The van der Waals surface area contributed by atoms with Crippen LogP contribution < -0.4 is 11.1 Å². The van der Waals surface area contributed by atoms with Gasteiger partial charge in [0.25, 0.3) is 0 Å². The molecule has 0 aliphatic carbocycles. The Morgan fingerprint density at radius 1 is 1.50 bits per heavy atom. The van der Waals surface area contributed by atoms with E-state index in [0.717, 1.165) is 3.57 Å². The monoisotopic (exact) mass is 415 g/mol. The van der Waals surface area contributed by atoms with E-state index >= 15 is 0 Å². The summed E-state index contributed by atoms with van der Waals surface area (Å²) in [5.74, 6) is -0.442. The number of hydrogen-bond acceptors (Lipinski definition) is 4. The van der Waals surface area contributed by atoms with Crippen LogP contribution in [0.4, 0.5) is 15.9 Å². The number of nitrogens with one attached hydrogen (secondary N) is 1. The molecule has 0 amide bonds. The first-order chi connectivity index (χ1) is 10.3. The predicted octanol–water partition coefficient (Wildman–Crippen LogP) is 2.62. The lowest BCUT2D eigenvalue weighted by Crippen LogP contribution is -2.11. The fourth-order valence-corrected chi connectivity index (χ4v) is 2.52. The fourth-order valence-electron chi connectivity index (χ4n) is 2.07. The average molecular weight is 415 g/mol. The molecule has 2 aromatic rings. The lowest BCUT2D eigenvalue weighted by Gasteiger charge is -2.12. The number of carbonyl (C=O) groups excluding carboxylic acids is 1. The van der Waals surface area contributed by atoms with E-state index < -0.39 is 18.2 Å². The molecule has 5 nitrogen and oxygen atoms in total. The number of nitrogens with zero attached hydrogens (tertiary/aromatic N) is 1. The number of halogens is 2. The molecule has 0 unspecified atom stereocenters. The highest BCUT2D eigenvalue weighted by atomic mass is 127. The zero-order valence-corrected chi connectivity index (χ0v) is 14.0. The van der Waals surface area contributed by atoms with Crippen molar-refractivity contribution >= 4 is 45.6 Å². The van der Waals surface area contributed by atoms with Gasteiger partial charge in [-0.3, -0.25) is 4.79 Å². The quantitative estimate of drug-likeness (QED) is 0.518. The number of nitrogens with two attached hydrogens (primary N) is 1. The molecule has 2 rings (SSSR count). The van der Waals surface area contributed by atoms with Crippen LogP contribution in [0.15, 0.2) is 30.8 Å². The van der Waals surface area contributed by atoms with E-state index in [1.54, 1.807) is 19.2 Å². The molecule has 0 saturated carbocycles. The highest BCUT2D eigenvalue weighted by molar-refractivity contribution is 14.1. The molecule has 0 aliphatic heterocycles. The summed E-state index contributed by atoms with van der Waals surface area (Å²) in [4.78, 5) is 11.7. The van der Waals surface area contributed by atoms with Crippen molar-refractivity contribution in [3.8, 4) is 0 Å². The van der Waals surface area contributed by atoms with E-state index in [9.17, 15) is 9.18 Å². The van der Waals surface area contributed by atoms with E-state index in [1.165, 1.54) is 16.7 Å². The Kier molecular flexibility index (Phi) is 4.87. The van der Waals surface area contributed by atoms with E-state index in [0.29, 0.717) is 11.4 Å². The number of aliphatic hydroxyl groups excluding tert-OH is 1. The summed E-state index contributed by atoms with van der Waals surface area (Å²) >= 11 is 2.02. The first-order valence-electron chi connectivity index (χ1n) is 6.35. The Morgan fingerprint density at radius 2 is 2.18 bits per heavy atom. The van der Waals surface area contributed by atoms with Gasteiger partial charge in [-0.1, -0.05) is 6.58 Å². The minimum Gasteiger partial charge on any atom is -0.399 e. The van der Waals surface area contributed by atoms with Gasteiger partial charge in [-0.2, -0.15) is 0 Å². The van der Waals surface area contributed by atoms with Crippen molar-refractivity contribution in [2.24, 2.45) is 12.8 Å². The second-order valence-electron chi connectivity index (χ2n) is 4.71. The summed E-state index contributed by atoms with van der Waals surface area (Å²) in [6.07, 6.45) is 0.